The van der Waals surface area contributed by atoms with Gasteiger partial charge in [-0.15, -0.1) is 0 Å². The molecule has 1 nitrogen and oxygen atoms in total. The molecule has 0 saturated heterocycles. The summed E-state index contributed by atoms with van der Waals surface area (Å²) in [6.45, 7) is 4.76. The minimum atomic E-state index is -0.101. The third kappa shape index (κ3) is 4.38. The summed E-state index contributed by atoms with van der Waals surface area (Å²) < 4.78 is 0. The van der Waals surface area contributed by atoms with Crippen LogP contribution in [0.2, 0.25) is 0 Å². The highest BCUT2D eigenvalue weighted by atomic mass is 15.1. The molecule has 1 heteroatoms. The molecular formula is C43H37N. The fraction of sp³-hybridized carbons (Fsp3) is 0.163. The summed E-state index contributed by atoms with van der Waals surface area (Å²) in [5.74, 6) is 0. The van der Waals surface area contributed by atoms with Crippen LogP contribution in [0.5, 0.6) is 0 Å². The van der Waals surface area contributed by atoms with E-state index >= 15 is 0 Å². The van der Waals surface area contributed by atoms with Crippen LogP contribution in [0, 0.1) is 0 Å². The van der Waals surface area contributed by atoms with Crippen molar-refractivity contribution in [3.63, 3.8) is 0 Å². The van der Waals surface area contributed by atoms with Gasteiger partial charge in [0, 0.05) is 22.2 Å². The van der Waals surface area contributed by atoms with E-state index in [1.165, 1.54) is 92.7 Å². The molecule has 0 fully saturated rings. The van der Waals surface area contributed by atoms with Crippen molar-refractivity contribution in [1.29, 1.82) is 0 Å². The van der Waals surface area contributed by atoms with Gasteiger partial charge in [-0.3, -0.25) is 0 Å². The van der Waals surface area contributed by atoms with E-state index in [1.807, 2.05) is 0 Å². The Morgan fingerprint density at radius 1 is 0.455 bits per heavy atom. The second kappa shape index (κ2) is 10.7. The zero-order valence-electron chi connectivity index (χ0n) is 25.6. The third-order valence-corrected chi connectivity index (χ3v) is 9.84. The van der Waals surface area contributed by atoms with Crippen molar-refractivity contribution >= 4 is 17.1 Å². The normalized spacial score (nSPS) is 14.4. The molecule has 0 bridgehead atoms. The van der Waals surface area contributed by atoms with Crippen LogP contribution in [0.3, 0.4) is 0 Å². The summed E-state index contributed by atoms with van der Waals surface area (Å²) in [5, 5.41) is 0. The van der Waals surface area contributed by atoms with Gasteiger partial charge < -0.3 is 4.90 Å². The molecule has 0 saturated carbocycles. The van der Waals surface area contributed by atoms with Crippen molar-refractivity contribution in [1.82, 2.24) is 0 Å². The van der Waals surface area contributed by atoms with E-state index in [9.17, 15) is 0 Å². The van der Waals surface area contributed by atoms with Crippen molar-refractivity contribution < 1.29 is 0 Å². The average Bonchev–Trinajstić information content (AvgIpc) is 3.31. The van der Waals surface area contributed by atoms with E-state index in [1.54, 1.807) is 0 Å². The maximum Gasteiger partial charge on any atom is 0.0543 e. The Labute approximate surface area is 261 Å². The van der Waals surface area contributed by atoms with Crippen molar-refractivity contribution in [2.24, 2.45) is 0 Å². The molecule has 44 heavy (non-hydrogen) atoms. The number of hydrogen-bond donors (Lipinski definition) is 0. The maximum absolute atomic E-state index is 2.50. The first-order valence-electron chi connectivity index (χ1n) is 16.0. The van der Waals surface area contributed by atoms with Crippen molar-refractivity contribution in [2.45, 2.75) is 44.9 Å². The molecule has 0 aromatic heterocycles. The van der Waals surface area contributed by atoms with Crippen LogP contribution in [0.4, 0.5) is 17.1 Å². The summed E-state index contributed by atoms with van der Waals surface area (Å²) in [5.41, 5.74) is 17.0. The lowest BCUT2D eigenvalue weighted by Crippen LogP contribution is -2.17. The lowest BCUT2D eigenvalue weighted by molar-refractivity contribution is 0.660. The van der Waals surface area contributed by atoms with Gasteiger partial charge in [-0.1, -0.05) is 123 Å². The molecule has 0 amide bonds. The van der Waals surface area contributed by atoms with Crippen molar-refractivity contribution in [2.75, 3.05) is 4.90 Å². The predicted molar refractivity (Wildman–Crippen MR) is 186 cm³/mol. The van der Waals surface area contributed by atoms with E-state index in [4.69, 9.17) is 0 Å². The fourth-order valence-corrected chi connectivity index (χ4v) is 7.57. The zero-order valence-corrected chi connectivity index (χ0v) is 25.6. The predicted octanol–water partition coefficient (Wildman–Crippen LogP) is 11.7. The third-order valence-electron chi connectivity index (χ3n) is 9.84. The molecule has 0 atom stereocenters. The summed E-state index contributed by atoms with van der Waals surface area (Å²) in [6.07, 6.45) is 4.92. The Morgan fingerprint density at radius 3 is 1.91 bits per heavy atom. The Bertz CT molecular complexity index is 1980. The molecule has 6 aromatic carbocycles. The van der Waals surface area contributed by atoms with Crippen LogP contribution in [-0.2, 0) is 18.3 Å². The minimum absolute atomic E-state index is 0.101. The van der Waals surface area contributed by atoms with E-state index < -0.39 is 0 Å². The monoisotopic (exact) mass is 567 g/mol. The van der Waals surface area contributed by atoms with Crippen LogP contribution in [0.25, 0.3) is 33.4 Å². The highest BCUT2D eigenvalue weighted by Gasteiger charge is 2.37. The van der Waals surface area contributed by atoms with Gasteiger partial charge in [0.05, 0.1) is 11.4 Å². The first-order valence-corrected chi connectivity index (χ1v) is 16.0. The van der Waals surface area contributed by atoms with Crippen molar-refractivity contribution in [3.8, 4) is 33.4 Å². The SMILES string of the molecule is CC1(C)c2ccccc2-c2cc(-c3ccc4c(c3)CCCC4)c(N(c3ccccc3)c3ccccc3-c3ccccc3)cc21. The molecule has 0 heterocycles. The number of anilines is 3. The second-order valence-corrected chi connectivity index (χ2v) is 12.8. The van der Waals surface area contributed by atoms with Gasteiger partial charge in [-0.05, 0) is 101 Å². The Balaban J connectivity index is 1.44. The molecule has 0 spiro atoms. The molecule has 0 radical (unpaired) electrons. The minimum Gasteiger partial charge on any atom is -0.309 e. The molecule has 2 aliphatic carbocycles. The molecule has 214 valence electrons. The van der Waals surface area contributed by atoms with Gasteiger partial charge in [-0.2, -0.15) is 0 Å². The first kappa shape index (κ1) is 26.7. The number of aryl methyl sites for hydroxylation is 2. The summed E-state index contributed by atoms with van der Waals surface area (Å²) in [4.78, 5) is 2.50. The van der Waals surface area contributed by atoms with Crippen LogP contribution in [-0.4, -0.2) is 0 Å². The largest absolute Gasteiger partial charge is 0.309 e. The van der Waals surface area contributed by atoms with Gasteiger partial charge >= 0.3 is 0 Å². The van der Waals surface area contributed by atoms with Crippen LogP contribution < -0.4 is 4.90 Å². The van der Waals surface area contributed by atoms with Gasteiger partial charge in [0.1, 0.15) is 0 Å². The standard InChI is InChI=1S/C43H37N/c1-43(2)39-23-13-11-22-36(39)38-28-37(33-26-25-30-15-9-10-18-32(30)27-33)42(29-40(38)43)44(34-19-7-4-8-20-34)41-24-14-12-21-35(41)31-16-5-3-6-17-31/h3-8,11-14,16-17,19-29H,9-10,15,18H2,1-2H3. The van der Waals surface area contributed by atoms with Gasteiger partial charge in [0.2, 0.25) is 0 Å². The van der Waals surface area contributed by atoms with Crippen LogP contribution in [0.1, 0.15) is 48.9 Å². The average molecular weight is 568 g/mol. The van der Waals surface area contributed by atoms with E-state index in [0.29, 0.717) is 0 Å². The van der Waals surface area contributed by atoms with Gasteiger partial charge in [0.15, 0.2) is 0 Å². The number of rotatable bonds is 5. The van der Waals surface area contributed by atoms with E-state index in [0.717, 1.165) is 5.69 Å². The van der Waals surface area contributed by atoms with Crippen LogP contribution >= 0.6 is 0 Å². The number of fused-ring (bicyclic) bond motifs is 4. The second-order valence-electron chi connectivity index (χ2n) is 12.8. The molecule has 0 aliphatic heterocycles. The Hall–Kier alpha value is -4.88. The Kier molecular flexibility index (Phi) is 6.49. The zero-order chi connectivity index (χ0) is 29.7. The first-order chi connectivity index (χ1) is 21.6. The lowest BCUT2D eigenvalue weighted by atomic mass is 9.81. The molecule has 6 aromatic rings. The highest BCUT2D eigenvalue weighted by molar-refractivity contribution is 5.97. The quantitative estimate of drug-likeness (QED) is 0.200. The molecule has 2 aliphatic rings. The molecule has 0 unspecified atom stereocenters. The highest BCUT2D eigenvalue weighted by Crippen LogP contribution is 2.54. The lowest BCUT2D eigenvalue weighted by Gasteiger charge is -2.32. The number of benzene rings is 6. The van der Waals surface area contributed by atoms with E-state index in [2.05, 4.69) is 158 Å². The molecule has 8 rings (SSSR count). The summed E-state index contributed by atoms with van der Waals surface area (Å²) in [6, 6.07) is 51.8. The number of nitrogens with zero attached hydrogens (tertiary/aromatic N) is 1. The van der Waals surface area contributed by atoms with Crippen LogP contribution in [0.15, 0.2) is 140 Å². The molecule has 0 N–H and O–H groups in total. The van der Waals surface area contributed by atoms with Gasteiger partial charge in [0.25, 0.3) is 0 Å². The Morgan fingerprint density at radius 2 is 1.11 bits per heavy atom. The van der Waals surface area contributed by atoms with Gasteiger partial charge in [-0.25, -0.2) is 0 Å². The number of para-hydroxylation sites is 2. The fourth-order valence-electron chi connectivity index (χ4n) is 7.57. The number of hydrogen-bond acceptors (Lipinski definition) is 1. The summed E-state index contributed by atoms with van der Waals surface area (Å²) >= 11 is 0. The van der Waals surface area contributed by atoms with E-state index in [-0.39, 0.29) is 5.41 Å². The van der Waals surface area contributed by atoms with Crippen molar-refractivity contribution in [3.05, 3.63) is 162 Å². The maximum atomic E-state index is 2.50. The topological polar surface area (TPSA) is 3.24 Å². The summed E-state index contributed by atoms with van der Waals surface area (Å²) in [7, 11) is 0. The molecular weight excluding hydrogens is 530 g/mol. The smallest absolute Gasteiger partial charge is 0.0543 e.